The van der Waals surface area contributed by atoms with E-state index >= 15 is 0 Å². The molecule has 5 heteroatoms. The smallest absolute Gasteiger partial charge is 0.307 e. The molecule has 2 aromatic carbocycles. The van der Waals surface area contributed by atoms with Crippen LogP contribution in [0.1, 0.15) is 23.1 Å². The van der Waals surface area contributed by atoms with Crippen molar-refractivity contribution in [3.05, 3.63) is 63.6 Å². The Kier molecular flexibility index (Phi) is 6.15. The Balaban J connectivity index is 2.02. The summed E-state index contributed by atoms with van der Waals surface area (Å²) in [5.41, 5.74) is 3.75. The number of carboxylic acids is 1. The predicted octanol–water partition coefficient (Wildman–Crippen LogP) is 4.34. The molecule has 0 heterocycles. The van der Waals surface area contributed by atoms with Gasteiger partial charge in [0.25, 0.3) is 0 Å². The van der Waals surface area contributed by atoms with Gasteiger partial charge in [0.2, 0.25) is 5.91 Å². The van der Waals surface area contributed by atoms with Gasteiger partial charge in [0.15, 0.2) is 0 Å². The molecule has 0 aliphatic carbocycles. The van der Waals surface area contributed by atoms with Crippen molar-refractivity contribution in [2.24, 2.45) is 5.92 Å². The van der Waals surface area contributed by atoms with Crippen LogP contribution in [0.4, 0.5) is 5.69 Å². The first-order valence-electron chi connectivity index (χ1n) is 7.69. The predicted molar refractivity (Wildman–Crippen MR) is 98.1 cm³/mol. The lowest BCUT2D eigenvalue weighted by Crippen LogP contribution is -2.24. The van der Waals surface area contributed by atoms with E-state index < -0.39 is 11.9 Å². The number of hydrogen-bond donors (Lipinski definition) is 2. The summed E-state index contributed by atoms with van der Waals surface area (Å²) in [6.45, 7) is 3.93. The quantitative estimate of drug-likeness (QED) is 0.771. The maximum absolute atomic E-state index is 12.2. The lowest BCUT2D eigenvalue weighted by Gasteiger charge is -2.14. The highest BCUT2D eigenvalue weighted by Crippen LogP contribution is 2.24. The zero-order valence-corrected chi connectivity index (χ0v) is 15.3. The van der Waals surface area contributed by atoms with Crippen molar-refractivity contribution in [2.45, 2.75) is 26.7 Å². The van der Waals surface area contributed by atoms with Gasteiger partial charge in [-0.25, -0.2) is 0 Å². The maximum Gasteiger partial charge on any atom is 0.307 e. The first-order valence-corrected chi connectivity index (χ1v) is 8.49. The molecule has 0 bridgehead atoms. The number of carboxylic acid groups (broad SMARTS) is 1. The number of aliphatic carboxylic acids is 1. The number of carbonyl (C=O) groups excluding carboxylic acids is 1. The summed E-state index contributed by atoms with van der Waals surface area (Å²) in [5.74, 6) is -2.02. The molecule has 1 amide bonds. The Labute approximate surface area is 150 Å². The van der Waals surface area contributed by atoms with Gasteiger partial charge >= 0.3 is 5.97 Å². The van der Waals surface area contributed by atoms with Crippen molar-refractivity contribution >= 4 is 33.5 Å². The van der Waals surface area contributed by atoms with E-state index in [2.05, 4.69) is 21.2 Å². The molecule has 0 aliphatic rings. The summed E-state index contributed by atoms with van der Waals surface area (Å²) >= 11 is 3.40. The molecule has 1 atom stereocenters. The maximum atomic E-state index is 12.2. The van der Waals surface area contributed by atoms with E-state index in [-0.39, 0.29) is 12.3 Å². The molecule has 0 fully saturated rings. The van der Waals surface area contributed by atoms with Crippen molar-refractivity contribution in [1.29, 1.82) is 0 Å². The van der Waals surface area contributed by atoms with Crippen LogP contribution in [0.5, 0.6) is 0 Å². The van der Waals surface area contributed by atoms with Gasteiger partial charge in [-0.15, -0.1) is 0 Å². The molecule has 126 valence electrons. The fourth-order valence-corrected chi connectivity index (χ4v) is 2.99. The molecule has 24 heavy (non-hydrogen) atoms. The lowest BCUT2D eigenvalue weighted by atomic mass is 9.95. The first kappa shape index (κ1) is 18.2. The number of anilines is 1. The van der Waals surface area contributed by atoms with E-state index in [0.717, 1.165) is 21.2 Å². The number of amides is 1. The van der Waals surface area contributed by atoms with Gasteiger partial charge in [-0.05, 0) is 59.5 Å². The third-order valence-electron chi connectivity index (χ3n) is 3.78. The highest BCUT2D eigenvalue weighted by Gasteiger charge is 2.22. The van der Waals surface area contributed by atoms with Crippen LogP contribution >= 0.6 is 15.9 Å². The Bertz CT molecular complexity index is 741. The van der Waals surface area contributed by atoms with Crippen LogP contribution in [-0.2, 0) is 16.0 Å². The molecule has 4 nitrogen and oxygen atoms in total. The summed E-state index contributed by atoms with van der Waals surface area (Å²) in [7, 11) is 0. The van der Waals surface area contributed by atoms with Crippen molar-refractivity contribution in [1.82, 2.24) is 0 Å². The molecule has 0 aliphatic heterocycles. The number of hydrogen-bond acceptors (Lipinski definition) is 2. The summed E-state index contributed by atoms with van der Waals surface area (Å²) in [4.78, 5) is 23.7. The molecule has 2 aromatic rings. The molecular formula is C19H20BrNO3. The Morgan fingerprint density at radius 1 is 1.08 bits per heavy atom. The summed E-state index contributed by atoms with van der Waals surface area (Å²) in [5, 5.41) is 12.2. The standard InChI is InChI=1S/C19H20BrNO3/c1-12-3-6-14(7-4-12)10-15(19(23)24)11-18(22)21-17-8-5-13(2)9-16(17)20/h3-9,15H,10-11H2,1-2H3,(H,21,22)(H,23,24). The van der Waals surface area contributed by atoms with Crippen LogP contribution in [-0.4, -0.2) is 17.0 Å². The lowest BCUT2D eigenvalue weighted by molar-refractivity contribution is -0.143. The van der Waals surface area contributed by atoms with E-state index in [9.17, 15) is 14.7 Å². The van der Waals surface area contributed by atoms with E-state index in [1.807, 2.05) is 50.2 Å². The van der Waals surface area contributed by atoms with Gasteiger partial charge in [-0.3, -0.25) is 9.59 Å². The largest absolute Gasteiger partial charge is 0.481 e. The zero-order chi connectivity index (χ0) is 17.7. The monoisotopic (exact) mass is 389 g/mol. The van der Waals surface area contributed by atoms with E-state index in [1.54, 1.807) is 6.07 Å². The molecular weight excluding hydrogens is 370 g/mol. The molecule has 1 unspecified atom stereocenters. The number of benzene rings is 2. The highest BCUT2D eigenvalue weighted by molar-refractivity contribution is 9.10. The van der Waals surface area contributed by atoms with Crippen molar-refractivity contribution in [3.63, 3.8) is 0 Å². The summed E-state index contributed by atoms with van der Waals surface area (Å²) in [6.07, 6.45) is 0.266. The van der Waals surface area contributed by atoms with Crippen molar-refractivity contribution < 1.29 is 14.7 Å². The van der Waals surface area contributed by atoms with Gasteiger partial charge < -0.3 is 10.4 Å². The summed E-state index contributed by atoms with van der Waals surface area (Å²) in [6, 6.07) is 13.3. The third kappa shape index (κ3) is 5.20. The van der Waals surface area contributed by atoms with Crippen LogP contribution in [0, 0.1) is 19.8 Å². The minimum absolute atomic E-state index is 0.0659. The van der Waals surface area contributed by atoms with Gasteiger partial charge in [0.05, 0.1) is 11.6 Å². The molecule has 0 radical (unpaired) electrons. The van der Waals surface area contributed by atoms with Gasteiger partial charge in [-0.1, -0.05) is 35.9 Å². The molecule has 0 aromatic heterocycles. The van der Waals surface area contributed by atoms with Gasteiger partial charge in [0, 0.05) is 10.9 Å². The average molecular weight is 390 g/mol. The number of halogens is 1. The topological polar surface area (TPSA) is 66.4 Å². The number of carbonyl (C=O) groups is 2. The van der Waals surface area contributed by atoms with Crippen molar-refractivity contribution in [3.8, 4) is 0 Å². The second-order valence-electron chi connectivity index (χ2n) is 5.96. The minimum atomic E-state index is -0.964. The van der Waals surface area contributed by atoms with Gasteiger partial charge in [-0.2, -0.15) is 0 Å². The average Bonchev–Trinajstić information content (AvgIpc) is 2.51. The fourth-order valence-electron chi connectivity index (χ4n) is 2.40. The van der Waals surface area contributed by atoms with Crippen LogP contribution in [0.15, 0.2) is 46.9 Å². The van der Waals surface area contributed by atoms with E-state index in [1.165, 1.54) is 0 Å². The fraction of sp³-hybridized carbons (Fsp3) is 0.263. The van der Waals surface area contributed by atoms with E-state index in [0.29, 0.717) is 12.1 Å². The second-order valence-corrected chi connectivity index (χ2v) is 6.81. The van der Waals surface area contributed by atoms with Crippen LogP contribution in [0.2, 0.25) is 0 Å². The molecule has 0 saturated carbocycles. The third-order valence-corrected chi connectivity index (χ3v) is 4.44. The first-order chi connectivity index (χ1) is 11.3. The number of aryl methyl sites for hydroxylation is 2. The number of rotatable bonds is 6. The number of nitrogens with one attached hydrogen (secondary N) is 1. The van der Waals surface area contributed by atoms with Gasteiger partial charge in [0.1, 0.15) is 0 Å². The Morgan fingerprint density at radius 3 is 2.29 bits per heavy atom. The molecule has 2 N–H and O–H groups in total. The SMILES string of the molecule is Cc1ccc(CC(CC(=O)Nc2ccc(C)cc2Br)C(=O)O)cc1. The van der Waals surface area contributed by atoms with Crippen LogP contribution in [0.3, 0.4) is 0 Å². The van der Waals surface area contributed by atoms with Crippen LogP contribution in [0.25, 0.3) is 0 Å². The Morgan fingerprint density at radius 2 is 1.71 bits per heavy atom. The zero-order valence-electron chi connectivity index (χ0n) is 13.7. The molecule has 2 rings (SSSR count). The van der Waals surface area contributed by atoms with E-state index in [4.69, 9.17) is 0 Å². The Hall–Kier alpha value is -2.14. The summed E-state index contributed by atoms with van der Waals surface area (Å²) < 4.78 is 0.779. The highest BCUT2D eigenvalue weighted by atomic mass is 79.9. The normalized spacial score (nSPS) is 11.8. The molecule has 0 spiro atoms. The minimum Gasteiger partial charge on any atom is -0.481 e. The van der Waals surface area contributed by atoms with Crippen molar-refractivity contribution in [2.75, 3.05) is 5.32 Å². The van der Waals surface area contributed by atoms with Crippen LogP contribution < -0.4 is 5.32 Å². The second kappa shape index (κ2) is 8.11. The molecule has 0 saturated heterocycles.